The zero-order valence-electron chi connectivity index (χ0n) is 18.3. The number of likely N-dealkylation sites (N-methyl/N-ethyl adjacent to an activating group) is 1. The summed E-state index contributed by atoms with van der Waals surface area (Å²) in [5.41, 5.74) is 6.72. The number of halogens is 3. The average Bonchev–Trinajstić information content (AvgIpc) is 3.28. The van der Waals surface area contributed by atoms with Crippen LogP contribution in [0.5, 0.6) is 0 Å². The maximum absolute atomic E-state index is 13.6. The summed E-state index contributed by atoms with van der Waals surface area (Å²) in [7, 11) is 1.54. The van der Waals surface area contributed by atoms with Gasteiger partial charge in [-0.15, -0.1) is 0 Å². The smallest absolute Gasteiger partial charge is 0.412 e. The first-order valence-corrected chi connectivity index (χ1v) is 10.7. The highest BCUT2D eigenvalue weighted by atomic mass is 35.5. The fourth-order valence-corrected chi connectivity index (χ4v) is 3.35. The summed E-state index contributed by atoms with van der Waals surface area (Å²) in [5.74, 6) is -0.915. The van der Waals surface area contributed by atoms with Crippen LogP contribution in [0, 0.1) is 11.6 Å². The first-order valence-electron chi connectivity index (χ1n) is 10.3. The van der Waals surface area contributed by atoms with Crippen LogP contribution < -0.4 is 11.1 Å². The quantitative estimate of drug-likeness (QED) is 0.462. The van der Waals surface area contributed by atoms with E-state index >= 15 is 0 Å². The van der Waals surface area contributed by atoms with E-state index in [1.54, 1.807) is 12.1 Å². The number of hydrogen-bond donors (Lipinski definition) is 2. The molecular weight excluding hydrogens is 470 g/mol. The predicted molar refractivity (Wildman–Crippen MR) is 122 cm³/mol. The molecule has 0 unspecified atom stereocenters. The molecule has 3 rings (SSSR count). The van der Waals surface area contributed by atoms with Crippen molar-refractivity contribution in [1.82, 2.24) is 10.1 Å². The number of nitrogens with two attached hydrogens (primary N) is 1. The van der Waals surface area contributed by atoms with Crippen molar-refractivity contribution in [2.45, 2.75) is 18.9 Å². The number of rotatable bonds is 9. The van der Waals surface area contributed by atoms with Crippen molar-refractivity contribution in [3.05, 3.63) is 70.8 Å². The first kappa shape index (κ1) is 25.1. The Bertz CT molecular complexity index is 1160. The van der Waals surface area contributed by atoms with Crippen LogP contribution in [-0.4, -0.2) is 48.3 Å². The summed E-state index contributed by atoms with van der Waals surface area (Å²) in [4.78, 5) is 26.0. The van der Waals surface area contributed by atoms with E-state index in [-0.39, 0.29) is 48.5 Å². The number of amides is 2. The zero-order chi connectivity index (χ0) is 24.7. The Balaban J connectivity index is 1.49. The second-order valence-electron chi connectivity index (χ2n) is 7.42. The lowest BCUT2D eigenvalue weighted by Crippen LogP contribution is -2.45. The normalized spacial score (nSPS) is 11.7. The molecule has 0 saturated heterocycles. The topological polar surface area (TPSA) is 111 Å². The fraction of sp³-hybridized carbons (Fsp3) is 0.261. The molecule has 0 radical (unpaired) electrons. The molecular formula is C23H23ClF2N4O4. The lowest BCUT2D eigenvalue weighted by molar-refractivity contribution is -0.132. The van der Waals surface area contributed by atoms with E-state index in [4.69, 9.17) is 26.6 Å². The maximum Gasteiger partial charge on any atom is 0.412 e. The number of hydrogen-bond acceptors (Lipinski definition) is 6. The van der Waals surface area contributed by atoms with E-state index in [1.807, 2.05) is 0 Å². The van der Waals surface area contributed by atoms with Crippen LogP contribution in [0.3, 0.4) is 0 Å². The molecule has 1 heterocycles. The van der Waals surface area contributed by atoms with Crippen LogP contribution >= 0.6 is 11.6 Å². The third-order valence-corrected chi connectivity index (χ3v) is 5.53. The standard InChI is InChI=1S/C23H23ClF2N4O4/c1-30(21(31)9-8-14-4-3-7-18(26)22(14)24)17(12-27)13-33-23(32)28-20-11-19(34-29-20)15-5-2-6-16(25)10-15/h2-7,10-11,17H,8-9,12-13,27H2,1H3,(H,28,29,32)/t17-/m0/s1. The van der Waals surface area contributed by atoms with Gasteiger partial charge in [-0.05, 0) is 30.2 Å². The number of benzene rings is 2. The number of nitrogens with one attached hydrogen (secondary N) is 1. The lowest BCUT2D eigenvalue weighted by Gasteiger charge is -2.26. The van der Waals surface area contributed by atoms with Crippen molar-refractivity contribution < 1.29 is 27.6 Å². The molecule has 0 fully saturated rings. The SMILES string of the molecule is CN(C(=O)CCc1cccc(F)c1Cl)[C@@H](CN)COC(=O)Nc1cc(-c2cccc(F)c2)on1. The highest BCUT2D eigenvalue weighted by Crippen LogP contribution is 2.23. The molecule has 0 aliphatic heterocycles. The molecule has 3 N–H and O–H groups in total. The molecule has 1 atom stereocenters. The Morgan fingerprint density at radius 1 is 1.24 bits per heavy atom. The Morgan fingerprint density at radius 3 is 2.74 bits per heavy atom. The second-order valence-corrected chi connectivity index (χ2v) is 7.80. The Kier molecular flexibility index (Phi) is 8.55. The number of carbonyl (C=O) groups excluding carboxylic acids is 2. The minimum atomic E-state index is -0.829. The summed E-state index contributed by atoms with van der Waals surface area (Å²) in [6, 6.07) is 11.0. The highest BCUT2D eigenvalue weighted by Gasteiger charge is 2.21. The van der Waals surface area contributed by atoms with Gasteiger partial charge in [0.1, 0.15) is 18.2 Å². The van der Waals surface area contributed by atoms with Gasteiger partial charge in [0.2, 0.25) is 5.91 Å². The van der Waals surface area contributed by atoms with E-state index in [9.17, 15) is 18.4 Å². The van der Waals surface area contributed by atoms with E-state index in [0.717, 1.165) is 0 Å². The molecule has 11 heteroatoms. The Morgan fingerprint density at radius 2 is 2.00 bits per heavy atom. The van der Waals surface area contributed by atoms with Crippen molar-refractivity contribution in [3.8, 4) is 11.3 Å². The average molecular weight is 493 g/mol. The molecule has 180 valence electrons. The van der Waals surface area contributed by atoms with Gasteiger partial charge in [0.25, 0.3) is 0 Å². The second kappa shape index (κ2) is 11.6. The zero-order valence-corrected chi connectivity index (χ0v) is 19.0. The number of anilines is 1. The van der Waals surface area contributed by atoms with Crippen LogP contribution in [0.15, 0.2) is 53.1 Å². The largest absolute Gasteiger partial charge is 0.447 e. The number of aryl methyl sites for hydroxylation is 1. The van der Waals surface area contributed by atoms with Crippen molar-refractivity contribution in [2.75, 3.05) is 25.5 Å². The summed E-state index contributed by atoms with van der Waals surface area (Å²) in [6.45, 7) is -0.121. The van der Waals surface area contributed by atoms with Crippen molar-refractivity contribution in [3.63, 3.8) is 0 Å². The van der Waals surface area contributed by atoms with Crippen LogP contribution in [0.4, 0.5) is 19.4 Å². The third-order valence-electron chi connectivity index (χ3n) is 5.11. The van der Waals surface area contributed by atoms with Crippen molar-refractivity contribution >= 4 is 29.4 Å². The monoisotopic (exact) mass is 492 g/mol. The molecule has 1 aromatic heterocycles. The molecule has 0 aliphatic rings. The van der Waals surface area contributed by atoms with E-state index in [0.29, 0.717) is 11.1 Å². The molecule has 0 bridgehead atoms. The van der Waals surface area contributed by atoms with Crippen LogP contribution in [-0.2, 0) is 16.0 Å². The van der Waals surface area contributed by atoms with Gasteiger partial charge in [0, 0.05) is 31.6 Å². The fourth-order valence-electron chi connectivity index (χ4n) is 3.13. The minimum absolute atomic E-state index is 0.0123. The van der Waals surface area contributed by atoms with Gasteiger partial charge < -0.3 is 19.9 Å². The summed E-state index contributed by atoms with van der Waals surface area (Å²) in [5, 5.41) is 6.09. The van der Waals surface area contributed by atoms with Gasteiger partial charge in [0.05, 0.1) is 11.1 Å². The van der Waals surface area contributed by atoms with Gasteiger partial charge in [-0.1, -0.05) is 41.0 Å². The van der Waals surface area contributed by atoms with Crippen molar-refractivity contribution in [1.29, 1.82) is 0 Å². The van der Waals surface area contributed by atoms with Crippen molar-refractivity contribution in [2.24, 2.45) is 5.73 Å². The Hall–Kier alpha value is -3.50. The van der Waals surface area contributed by atoms with Gasteiger partial charge in [-0.25, -0.2) is 13.6 Å². The molecule has 0 spiro atoms. The van der Waals surface area contributed by atoms with E-state index < -0.39 is 23.8 Å². The number of carbonyl (C=O) groups is 2. The van der Waals surface area contributed by atoms with Gasteiger partial charge in [-0.3, -0.25) is 10.1 Å². The molecule has 8 nitrogen and oxygen atoms in total. The molecule has 2 amide bonds. The molecule has 0 saturated carbocycles. The Labute approximate surface area is 199 Å². The summed E-state index contributed by atoms with van der Waals surface area (Å²) >= 11 is 5.93. The van der Waals surface area contributed by atoms with Gasteiger partial charge >= 0.3 is 6.09 Å². The maximum atomic E-state index is 13.6. The van der Waals surface area contributed by atoms with E-state index in [1.165, 1.54) is 48.3 Å². The number of nitrogens with zero attached hydrogens (tertiary/aromatic N) is 2. The first-order chi connectivity index (χ1) is 16.3. The molecule has 3 aromatic rings. The molecule has 2 aromatic carbocycles. The van der Waals surface area contributed by atoms with E-state index in [2.05, 4.69) is 10.5 Å². The molecule has 34 heavy (non-hydrogen) atoms. The summed E-state index contributed by atoms with van der Waals surface area (Å²) < 4.78 is 37.2. The number of aromatic nitrogens is 1. The van der Waals surface area contributed by atoms with Gasteiger partial charge in [-0.2, -0.15) is 0 Å². The minimum Gasteiger partial charge on any atom is -0.447 e. The van der Waals surface area contributed by atoms with Crippen LogP contribution in [0.25, 0.3) is 11.3 Å². The predicted octanol–water partition coefficient (Wildman–Crippen LogP) is 4.24. The molecule has 0 aliphatic carbocycles. The highest BCUT2D eigenvalue weighted by molar-refractivity contribution is 6.31. The number of ether oxygens (including phenoxy) is 1. The lowest BCUT2D eigenvalue weighted by atomic mass is 10.1. The van der Waals surface area contributed by atoms with Crippen LogP contribution in [0.1, 0.15) is 12.0 Å². The van der Waals surface area contributed by atoms with Crippen LogP contribution in [0.2, 0.25) is 5.02 Å². The third kappa shape index (κ3) is 6.52. The van der Waals surface area contributed by atoms with Gasteiger partial charge in [0.15, 0.2) is 11.6 Å². The summed E-state index contributed by atoms with van der Waals surface area (Å²) in [6.07, 6.45) is -0.507.